The van der Waals surface area contributed by atoms with Crippen molar-refractivity contribution in [2.75, 3.05) is 0 Å². The van der Waals surface area contributed by atoms with Gasteiger partial charge in [-0.15, -0.1) is 0 Å². The molecule has 0 spiro atoms. The van der Waals surface area contributed by atoms with Crippen LogP contribution in [0.4, 0.5) is 0 Å². The highest BCUT2D eigenvalue weighted by molar-refractivity contribution is 9.11. The van der Waals surface area contributed by atoms with Crippen molar-refractivity contribution in [2.24, 2.45) is 0 Å². The van der Waals surface area contributed by atoms with Crippen LogP contribution in [-0.4, -0.2) is 0 Å². The fourth-order valence-electron chi connectivity index (χ4n) is 1.61. The Morgan fingerprint density at radius 3 is 2.00 bits per heavy atom. The van der Waals surface area contributed by atoms with Crippen LogP contribution < -0.4 is 0 Å². The Kier molecular flexibility index (Phi) is 13.9. The van der Waals surface area contributed by atoms with E-state index >= 15 is 0 Å². The standard InChI is InChI=1S/C14H25Br/c1-2-3-4-5-6-7-8-9-10-11-12-13-14-15/h11-14H,2-10H2,1H3/b12-11+,14-13+. The second-order valence-electron chi connectivity index (χ2n) is 4.01. The molecule has 15 heavy (non-hydrogen) atoms. The largest absolute Gasteiger partial charge is 0.0845 e. The Hall–Kier alpha value is -0.0400. The Morgan fingerprint density at radius 1 is 0.800 bits per heavy atom. The summed E-state index contributed by atoms with van der Waals surface area (Å²) < 4.78 is 0. The lowest BCUT2D eigenvalue weighted by atomic mass is 10.1. The molecule has 0 bridgehead atoms. The molecule has 0 nitrogen and oxygen atoms in total. The van der Waals surface area contributed by atoms with E-state index in [2.05, 4.69) is 35.0 Å². The molecule has 0 radical (unpaired) electrons. The van der Waals surface area contributed by atoms with Crippen molar-refractivity contribution in [3.05, 3.63) is 23.2 Å². The van der Waals surface area contributed by atoms with Crippen LogP contribution in [0.25, 0.3) is 0 Å². The predicted molar refractivity (Wildman–Crippen MR) is 74.4 cm³/mol. The fraction of sp³-hybridized carbons (Fsp3) is 0.714. The average molecular weight is 273 g/mol. The third kappa shape index (κ3) is 14.0. The average Bonchev–Trinajstić information content (AvgIpc) is 2.26. The number of unbranched alkanes of at least 4 members (excludes halogenated alkanes) is 8. The van der Waals surface area contributed by atoms with E-state index in [-0.39, 0.29) is 0 Å². The van der Waals surface area contributed by atoms with E-state index in [4.69, 9.17) is 0 Å². The van der Waals surface area contributed by atoms with Gasteiger partial charge < -0.3 is 0 Å². The lowest BCUT2D eigenvalue weighted by molar-refractivity contribution is 0.577. The van der Waals surface area contributed by atoms with Crippen molar-refractivity contribution in [1.82, 2.24) is 0 Å². The van der Waals surface area contributed by atoms with E-state index in [0.29, 0.717) is 0 Å². The molecule has 0 aromatic heterocycles. The van der Waals surface area contributed by atoms with Crippen molar-refractivity contribution in [2.45, 2.75) is 64.7 Å². The highest BCUT2D eigenvalue weighted by Crippen LogP contribution is 2.09. The van der Waals surface area contributed by atoms with Crippen LogP contribution in [-0.2, 0) is 0 Å². The van der Waals surface area contributed by atoms with E-state index in [1.54, 1.807) is 0 Å². The molecule has 1 heteroatoms. The molecule has 0 saturated heterocycles. The molecular formula is C14H25Br. The molecule has 0 fully saturated rings. The van der Waals surface area contributed by atoms with Gasteiger partial charge in [-0.3, -0.25) is 0 Å². The van der Waals surface area contributed by atoms with Gasteiger partial charge in [-0.25, -0.2) is 0 Å². The van der Waals surface area contributed by atoms with Gasteiger partial charge in [0.15, 0.2) is 0 Å². The van der Waals surface area contributed by atoms with E-state index in [1.807, 2.05) is 11.1 Å². The highest BCUT2D eigenvalue weighted by atomic mass is 79.9. The van der Waals surface area contributed by atoms with Crippen molar-refractivity contribution in [3.63, 3.8) is 0 Å². The molecule has 0 atom stereocenters. The van der Waals surface area contributed by atoms with E-state index in [9.17, 15) is 0 Å². The van der Waals surface area contributed by atoms with Crippen molar-refractivity contribution < 1.29 is 0 Å². The zero-order chi connectivity index (χ0) is 11.2. The molecule has 0 unspecified atom stereocenters. The van der Waals surface area contributed by atoms with Gasteiger partial charge in [0.1, 0.15) is 0 Å². The van der Waals surface area contributed by atoms with Crippen molar-refractivity contribution >= 4 is 15.9 Å². The summed E-state index contributed by atoms with van der Waals surface area (Å²) in [6.45, 7) is 2.27. The van der Waals surface area contributed by atoms with Crippen LogP contribution in [0.3, 0.4) is 0 Å². The van der Waals surface area contributed by atoms with Crippen molar-refractivity contribution in [3.8, 4) is 0 Å². The summed E-state index contributed by atoms with van der Waals surface area (Å²) in [5.41, 5.74) is 0. The number of hydrogen-bond acceptors (Lipinski definition) is 0. The zero-order valence-electron chi connectivity index (χ0n) is 10.1. The summed E-state index contributed by atoms with van der Waals surface area (Å²) in [5, 5.41) is 0. The highest BCUT2D eigenvalue weighted by Gasteiger charge is 1.89. The van der Waals surface area contributed by atoms with Crippen LogP contribution in [0.15, 0.2) is 23.2 Å². The summed E-state index contributed by atoms with van der Waals surface area (Å²) >= 11 is 3.24. The van der Waals surface area contributed by atoms with Gasteiger partial charge in [0.05, 0.1) is 0 Å². The molecule has 0 aromatic rings. The van der Waals surface area contributed by atoms with Crippen molar-refractivity contribution in [1.29, 1.82) is 0 Å². The molecule has 0 aliphatic carbocycles. The summed E-state index contributed by atoms with van der Waals surface area (Å²) in [4.78, 5) is 1.89. The van der Waals surface area contributed by atoms with Crippen LogP contribution in [0.5, 0.6) is 0 Å². The quantitative estimate of drug-likeness (QED) is 0.339. The minimum atomic E-state index is 1.23. The normalized spacial score (nSPS) is 11.9. The Bertz CT molecular complexity index is 159. The molecule has 0 rings (SSSR count). The number of rotatable bonds is 10. The molecular weight excluding hydrogens is 248 g/mol. The first-order chi connectivity index (χ1) is 7.41. The third-order valence-corrected chi connectivity index (χ3v) is 2.85. The maximum atomic E-state index is 3.24. The van der Waals surface area contributed by atoms with Crippen LogP contribution >= 0.6 is 15.9 Å². The molecule has 0 heterocycles. The summed E-state index contributed by atoms with van der Waals surface area (Å²) in [5.74, 6) is 0. The molecule has 0 aliphatic rings. The Balaban J connectivity index is 2.98. The number of allylic oxidation sites excluding steroid dienone is 3. The zero-order valence-corrected chi connectivity index (χ0v) is 11.6. The number of hydrogen-bond donors (Lipinski definition) is 0. The van der Waals surface area contributed by atoms with Gasteiger partial charge in [-0.05, 0) is 17.8 Å². The molecule has 0 amide bonds. The Labute approximate surface area is 104 Å². The molecule has 0 aromatic carbocycles. The second-order valence-corrected chi connectivity index (χ2v) is 4.54. The van der Waals surface area contributed by atoms with Crippen LogP contribution in [0.2, 0.25) is 0 Å². The lowest BCUT2D eigenvalue weighted by Gasteiger charge is -1.99. The van der Waals surface area contributed by atoms with Gasteiger partial charge in [-0.2, -0.15) is 0 Å². The van der Waals surface area contributed by atoms with E-state index in [0.717, 1.165) is 0 Å². The third-order valence-electron chi connectivity index (χ3n) is 2.54. The topological polar surface area (TPSA) is 0 Å². The minimum Gasteiger partial charge on any atom is -0.0845 e. The molecule has 0 N–H and O–H groups in total. The van der Waals surface area contributed by atoms with E-state index in [1.165, 1.54) is 57.8 Å². The first kappa shape index (κ1) is 15.0. The molecule has 0 saturated carbocycles. The molecule has 88 valence electrons. The van der Waals surface area contributed by atoms with Crippen LogP contribution in [0, 0.1) is 0 Å². The van der Waals surface area contributed by atoms with Gasteiger partial charge in [0.25, 0.3) is 0 Å². The Morgan fingerprint density at radius 2 is 1.40 bits per heavy atom. The van der Waals surface area contributed by atoms with Gasteiger partial charge in [-0.1, -0.05) is 86.0 Å². The monoisotopic (exact) mass is 272 g/mol. The molecule has 0 aliphatic heterocycles. The first-order valence-electron chi connectivity index (χ1n) is 6.33. The minimum absolute atomic E-state index is 1.23. The smallest absolute Gasteiger partial charge is 0.0189 e. The van der Waals surface area contributed by atoms with Gasteiger partial charge in [0, 0.05) is 0 Å². The van der Waals surface area contributed by atoms with Gasteiger partial charge >= 0.3 is 0 Å². The lowest BCUT2D eigenvalue weighted by Crippen LogP contribution is -1.79. The first-order valence-corrected chi connectivity index (χ1v) is 7.25. The maximum Gasteiger partial charge on any atom is -0.0189 e. The predicted octanol–water partition coefficient (Wildman–Crippen LogP) is 5.98. The number of halogens is 1. The van der Waals surface area contributed by atoms with Crippen LogP contribution in [0.1, 0.15) is 64.7 Å². The second kappa shape index (κ2) is 14.0. The summed E-state index contributed by atoms with van der Waals surface area (Å²) in [6.07, 6.45) is 18.9. The SMILES string of the molecule is CCCCCCCCCC/C=C/C=C/Br. The maximum absolute atomic E-state index is 3.24. The summed E-state index contributed by atoms with van der Waals surface area (Å²) in [7, 11) is 0. The van der Waals surface area contributed by atoms with E-state index < -0.39 is 0 Å². The van der Waals surface area contributed by atoms with Gasteiger partial charge in [0.2, 0.25) is 0 Å². The summed E-state index contributed by atoms with van der Waals surface area (Å²) in [6, 6.07) is 0. The fourth-order valence-corrected chi connectivity index (χ4v) is 1.79.